The van der Waals surface area contributed by atoms with Crippen molar-refractivity contribution in [2.24, 2.45) is 5.92 Å². The summed E-state index contributed by atoms with van der Waals surface area (Å²) in [5.41, 5.74) is 0.478. The molecule has 1 saturated heterocycles. The largest absolute Gasteiger partial charge is 0.394 e. The number of nitrogens with one attached hydrogen (secondary N) is 1. The minimum absolute atomic E-state index is 0.137. The lowest BCUT2D eigenvalue weighted by atomic mass is 10.0. The minimum atomic E-state index is -0.744. The van der Waals surface area contributed by atoms with E-state index in [9.17, 15) is 14.7 Å². The van der Waals surface area contributed by atoms with Crippen molar-refractivity contribution >= 4 is 11.7 Å². The number of aryl methyl sites for hydroxylation is 1. The maximum Gasteiger partial charge on any atom is 0.351 e. The van der Waals surface area contributed by atoms with Crippen molar-refractivity contribution in [3.63, 3.8) is 0 Å². The first-order valence-corrected chi connectivity index (χ1v) is 9.79. The highest BCUT2D eigenvalue weighted by Crippen LogP contribution is 2.35. The predicted molar refractivity (Wildman–Crippen MR) is 109 cm³/mol. The molecule has 1 unspecified atom stereocenters. The standard InChI is InChI=1S/C21H27N3O6/c1-13-11-24(20-17(29-10-9-28-3)14(2)16(12-25)30-20)21(27)23-18(13)22-19(26)15-7-5-4-6-8-15/h4-8,11,14,16-17,20,25H,9-10,12H2,1-3H3,(H,22,23,26,27)/t14?,16-,17+,20-/m1/s1. The smallest absolute Gasteiger partial charge is 0.351 e. The zero-order valence-corrected chi connectivity index (χ0v) is 17.3. The van der Waals surface area contributed by atoms with Gasteiger partial charge < -0.3 is 24.6 Å². The first-order valence-electron chi connectivity index (χ1n) is 9.79. The van der Waals surface area contributed by atoms with Crippen LogP contribution in [0.3, 0.4) is 0 Å². The van der Waals surface area contributed by atoms with Crippen LogP contribution in [0.2, 0.25) is 0 Å². The normalized spacial score (nSPS) is 23.5. The zero-order chi connectivity index (χ0) is 21.7. The molecule has 0 spiro atoms. The highest BCUT2D eigenvalue weighted by atomic mass is 16.6. The van der Waals surface area contributed by atoms with Crippen LogP contribution in [-0.4, -0.2) is 59.7 Å². The van der Waals surface area contributed by atoms with E-state index >= 15 is 0 Å². The van der Waals surface area contributed by atoms with Gasteiger partial charge in [-0.15, -0.1) is 0 Å². The topological polar surface area (TPSA) is 112 Å². The second-order valence-electron chi connectivity index (χ2n) is 7.22. The third-order valence-electron chi connectivity index (χ3n) is 5.15. The van der Waals surface area contributed by atoms with Gasteiger partial charge in [-0.3, -0.25) is 9.36 Å². The second kappa shape index (κ2) is 9.94. The van der Waals surface area contributed by atoms with Crippen LogP contribution in [0.1, 0.15) is 29.1 Å². The van der Waals surface area contributed by atoms with Gasteiger partial charge in [0.15, 0.2) is 6.23 Å². The predicted octanol–water partition coefficient (Wildman–Crippen LogP) is 1.36. The number of carbonyl (C=O) groups excluding carboxylic acids is 1. The molecule has 1 aliphatic heterocycles. The van der Waals surface area contributed by atoms with Crippen LogP contribution in [0.5, 0.6) is 0 Å². The van der Waals surface area contributed by atoms with Gasteiger partial charge >= 0.3 is 5.69 Å². The summed E-state index contributed by atoms with van der Waals surface area (Å²) in [6.07, 6.45) is -0.0838. The Kier molecular flexibility index (Phi) is 7.33. The molecule has 1 amide bonds. The number of hydrogen-bond acceptors (Lipinski definition) is 7. The van der Waals surface area contributed by atoms with Crippen molar-refractivity contribution in [3.8, 4) is 0 Å². The molecule has 2 N–H and O–H groups in total. The van der Waals surface area contributed by atoms with Crippen molar-refractivity contribution in [2.45, 2.75) is 32.3 Å². The van der Waals surface area contributed by atoms with E-state index in [0.717, 1.165) is 0 Å². The zero-order valence-electron chi connectivity index (χ0n) is 17.3. The Labute approximate surface area is 174 Å². The number of hydrogen-bond donors (Lipinski definition) is 2. The van der Waals surface area contributed by atoms with Gasteiger partial charge in [0.1, 0.15) is 11.9 Å². The Hall–Kier alpha value is -2.59. The number of benzene rings is 1. The molecule has 0 radical (unpaired) electrons. The number of aliphatic hydroxyl groups is 1. The molecule has 30 heavy (non-hydrogen) atoms. The quantitative estimate of drug-likeness (QED) is 0.624. The van der Waals surface area contributed by atoms with E-state index in [1.165, 1.54) is 4.57 Å². The molecular weight excluding hydrogens is 390 g/mol. The summed E-state index contributed by atoms with van der Waals surface area (Å²) in [6, 6.07) is 8.68. The molecule has 1 aromatic heterocycles. The molecule has 4 atom stereocenters. The molecule has 0 bridgehead atoms. The summed E-state index contributed by atoms with van der Waals surface area (Å²) in [7, 11) is 1.58. The fourth-order valence-electron chi connectivity index (χ4n) is 3.43. The van der Waals surface area contributed by atoms with E-state index in [2.05, 4.69) is 10.3 Å². The average molecular weight is 417 g/mol. The fraction of sp³-hybridized carbons (Fsp3) is 0.476. The molecule has 1 aromatic carbocycles. The van der Waals surface area contributed by atoms with Crippen LogP contribution in [0.25, 0.3) is 0 Å². The summed E-state index contributed by atoms with van der Waals surface area (Å²) in [5, 5.41) is 12.3. The monoisotopic (exact) mass is 417 g/mol. The molecule has 1 fully saturated rings. The van der Waals surface area contributed by atoms with Crippen LogP contribution < -0.4 is 11.0 Å². The SMILES string of the molecule is COCCO[C@H]1C(C)[C@@H](CO)O[C@H]1n1cc(C)c(NC(=O)c2ccccc2)nc1=O. The van der Waals surface area contributed by atoms with Crippen molar-refractivity contribution in [2.75, 3.05) is 32.2 Å². The van der Waals surface area contributed by atoms with Gasteiger partial charge in [-0.05, 0) is 19.1 Å². The van der Waals surface area contributed by atoms with Gasteiger partial charge in [0.05, 0.1) is 25.9 Å². The Bertz CT molecular complexity index is 917. The van der Waals surface area contributed by atoms with Crippen LogP contribution in [0.15, 0.2) is 41.3 Å². The first kappa shape index (κ1) is 22.1. The first-order chi connectivity index (χ1) is 14.5. The van der Waals surface area contributed by atoms with Crippen LogP contribution in [0.4, 0.5) is 5.82 Å². The van der Waals surface area contributed by atoms with E-state index < -0.39 is 24.1 Å². The lowest BCUT2D eigenvalue weighted by molar-refractivity contribution is -0.0793. The Morgan fingerprint density at radius 2 is 2.03 bits per heavy atom. The van der Waals surface area contributed by atoms with Crippen molar-refractivity contribution < 1.29 is 24.1 Å². The van der Waals surface area contributed by atoms with E-state index in [1.54, 1.807) is 44.5 Å². The molecule has 1 aliphatic rings. The van der Waals surface area contributed by atoms with Gasteiger partial charge in [-0.1, -0.05) is 25.1 Å². The molecular formula is C21H27N3O6. The summed E-state index contributed by atoms with van der Waals surface area (Å²) >= 11 is 0. The molecule has 0 aliphatic carbocycles. The van der Waals surface area contributed by atoms with Crippen molar-refractivity contribution in [1.82, 2.24) is 9.55 Å². The summed E-state index contributed by atoms with van der Waals surface area (Å²) < 4.78 is 18.2. The lowest BCUT2D eigenvalue weighted by Crippen LogP contribution is -2.36. The second-order valence-corrected chi connectivity index (χ2v) is 7.22. The molecule has 162 valence electrons. The highest BCUT2D eigenvalue weighted by molar-refractivity contribution is 6.03. The van der Waals surface area contributed by atoms with E-state index in [0.29, 0.717) is 24.3 Å². The van der Waals surface area contributed by atoms with Crippen LogP contribution in [-0.2, 0) is 14.2 Å². The van der Waals surface area contributed by atoms with Crippen molar-refractivity contribution in [1.29, 1.82) is 0 Å². The number of rotatable bonds is 8. The molecule has 0 saturated carbocycles. The Morgan fingerprint density at radius 3 is 2.70 bits per heavy atom. The maximum absolute atomic E-state index is 12.8. The van der Waals surface area contributed by atoms with Crippen molar-refractivity contribution in [3.05, 3.63) is 58.1 Å². The molecule has 9 heteroatoms. The maximum atomic E-state index is 12.8. The number of carbonyl (C=O) groups is 1. The summed E-state index contributed by atoms with van der Waals surface area (Å²) in [5.74, 6) is -0.302. The van der Waals surface area contributed by atoms with Gasteiger partial charge in [0.25, 0.3) is 5.91 Å². The number of anilines is 1. The number of methoxy groups -OCH3 is 1. The highest BCUT2D eigenvalue weighted by Gasteiger charge is 2.44. The van der Waals surface area contributed by atoms with E-state index in [4.69, 9.17) is 14.2 Å². The third-order valence-corrected chi connectivity index (χ3v) is 5.15. The van der Waals surface area contributed by atoms with Crippen LogP contribution >= 0.6 is 0 Å². The third kappa shape index (κ3) is 4.76. The summed E-state index contributed by atoms with van der Waals surface area (Å²) in [4.78, 5) is 29.2. The van der Waals surface area contributed by atoms with Gasteiger partial charge in [0.2, 0.25) is 0 Å². The van der Waals surface area contributed by atoms with Gasteiger partial charge in [-0.2, -0.15) is 4.98 Å². The fourth-order valence-corrected chi connectivity index (χ4v) is 3.43. The number of ether oxygens (including phenoxy) is 3. The van der Waals surface area contributed by atoms with Crippen LogP contribution in [0, 0.1) is 12.8 Å². The van der Waals surface area contributed by atoms with Gasteiger partial charge in [-0.25, -0.2) is 4.79 Å². The minimum Gasteiger partial charge on any atom is -0.394 e. The van der Waals surface area contributed by atoms with E-state index in [-0.39, 0.29) is 24.2 Å². The molecule has 2 heterocycles. The lowest BCUT2D eigenvalue weighted by Gasteiger charge is -2.23. The average Bonchev–Trinajstić information content (AvgIpc) is 3.06. The van der Waals surface area contributed by atoms with E-state index in [1.807, 2.05) is 13.0 Å². The number of nitrogens with zero attached hydrogens (tertiary/aromatic N) is 2. The number of aromatic nitrogens is 2. The molecule has 9 nitrogen and oxygen atoms in total. The molecule has 2 aromatic rings. The molecule has 3 rings (SSSR count). The Balaban J connectivity index is 1.84. The Morgan fingerprint density at radius 1 is 1.30 bits per heavy atom. The summed E-state index contributed by atoms with van der Waals surface area (Å²) in [6.45, 7) is 4.19. The van der Waals surface area contributed by atoms with Gasteiger partial charge in [0, 0.05) is 30.4 Å². The number of amides is 1. The number of aliphatic hydroxyl groups excluding tert-OH is 1.